The predicted molar refractivity (Wildman–Crippen MR) is 115 cm³/mol. The zero-order chi connectivity index (χ0) is 22.5. The number of hydrogen-bond donors (Lipinski definition) is 4. The lowest BCUT2D eigenvalue weighted by atomic mass is 10.0. The molecule has 3 rings (SSSR count). The Balaban J connectivity index is 2.06. The number of halogens is 1. The molecule has 11 heteroatoms. The van der Waals surface area contributed by atoms with Gasteiger partial charge in [-0.1, -0.05) is 23.7 Å². The van der Waals surface area contributed by atoms with E-state index in [0.717, 1.165) is 7.11 Å². The van der Waals surface area contributed by atoms with Gasteiger partial charge in [-0.3, -0.25) is 9.59 Å². The van der Waals surface area contributed by atoms with E-state index in [2.05, 4.69) is 30.5 Å². The summed E-state index contributed by atoms with van der Waals surface area (Å²) in [4.78, 5) is 42.3. The average Bonchev–Trinajstić information content (AvgIpc) is 2.73. The Hall–Kier alpha value is -3.76. The monoisotopic (exact) mass is 443 g/mol. The lowest BCUT2D eigenvalue weighted by Crippen LogP contribution is -2.29. The normalized spacial score (nSPS) is 12.3. The maximum atomic E-state index is 12.7. The molecule has 0 aliphatic rings. The van der Waals surface area contributed by atoms with Crippen molar-refractivity contribution in [3.05, 3.63) is 69.1 Å². The third kappa shape index (κ3) is 5.24. The Morgan fingerprint density at radius 2 is 1.94 bits per heavy atom. The summed E-state index contributed by atoms with van der Waals surface area (Å²) in [6.07, 6.45) is -2.32. The molecule has 10 nitrogen and oxygen atoms in total. The van der Waals surface area contributed by atoms with Crippen LogP contribution in [0.15, 0.2) is 52.4 Å². The number of hydrogen-bond acceptors (Lipinski definition) is 7. The number of fused-ring (bicyclic) bond motifs is 1. The molecule has 0 saturated heterocycles. The van der Waals surface area contributed by atoms with Gasteiger partial charge >= 0.3 is 6.09 Å². The van der Waals surface area contributed by atoms with Gasteiger partial charge in [-0.2, -0.15) is 5.10 Å². The number of hydrazone groups is 1. The summed E-state index contributed by atoms with van der Waals surface area (Å²) >= 11 is 5.95. The molecule has 0 aliphatic heterocycles. The number of carbonyl (C=O) groups is 2. The number of nitrogens with zero attached hydrogens (tertiary/aromatic N) is 2. The molecule has 0 spiro atoms. The fraction of sp³-hybridized carbons (Fsp3) is 0.150. The molecule has 3 aromatic rings. The lowest BCUT2D eigenvalue weighted by molar-refractivity contribution is -0.114. The van der Waals surface area contributed by atoms with E-state index >= 15 is 0 Å². The molecule has 0 radical (unpaired) electrons. The van der Waals surface area contributed by atoms with Crippen LogP contribution in [0.1, 0.15) is 24.3 Å². The Morgan fingerprint density at radius 3 is 2.58 bits per heavy atom. The summed E-state index contributed by atoms with van der Waals surface area (Å²) < 4.78 is 4.49. The SMILES string of the molecule is COC(=O)N/N=C(\c1nc2ccc(Cl)cc2[nH]c1=O)[C@@H](O)c1ccc(NC(C)=O)cc1. The number of methoxy groups -OCH3 is 1. The Labute approximate surface area is 180 Å². The van der Waals surface area contributed by atoms with Crippen molar-refractivity contribution in [1.82, 2.24) is 15.4 Å². The topological polar surface area (TPSA) is 146 Å². The first kappa shape index (κ1) is 21.9. The molecule has 0 unspecified atom stereocenters. The van der Waals surface area contributed by atoms with Crippen LogP contribution in [-0.4, -0.2) is 39.9 Å². The number of aliphatic hydroxyl groups excluding tert-OH is 1. The van der Waals surface area contributed by atoms with Crippen LogP contribution < -0.4 is 16.3 Å². The number of aliphatic hydroxyl groups is 1. The van der Waals surface area contributed by atoms with Crippen molar-refractivity contribution in [2.45, 2.75) is 13.0 Å². The molecule has 31 heavy (non-hydrogen) atoms. The molecule has 160 valence electrons. The summed E-state index contributed by atoms with van der Waals surface area (Å²) in [5.74, 6) is -0.246. The van der Waals surface area contributed by atoms with Crippen molar-refractivity contribution in [2.24, 2.45) is 5.10 Å². The quantitative estimate of drug-likeness (QED) is 0.351. The minimum Gasteiger partial charge on any atom is -0.452 e. The van der Waals surface area contributed by atoms with Crippen LogP contribution in [0.3, 0.4) is 0 Å². The largest absolute Gasteiger partial charge is 0.452 e. The maximum Gasteiger partial charge on any atom is 0.427 e. The first-order valence-corrected chi connectivity index (χ1v) is 9.33. The highest BCUT2D eigenvalue weighted by atomic mass is 35.5. The highest BCUT2D eigenvalue weighted by Gasteiger charge is 2.23. The summed E-state index contributed by atoms with van der Waals surface area (Å²) in [6.45, 7) is 1.37. The third-order valence-electron chi connectivity index (χ3n) is 4.16. The number of aromatic amines is 1. The van der Waals surface area contributed by atoms with Crippen molar-refractivity contribution in [3.63, 3.8) is 0 Å². The predicted octanol–water partition coefficient (Wildman–Crippen LogP) is 2.33. The van der Waals surface area contributed by atoms with Crippen LogP contribution in [0, 0.1) is 0 Å². The van der Waals surface area contributed by atoms with Gasteiger partial charge in [0, 0.05) is 17.6 Å². The number of aromatic nitrogens is 2. The number of anilines is 1. The van der Waals surface area contributed by atoms with Gasteiger partial charge in [-0.05, 0) is 35.9 Å². The minimum absolute atomic E-state index is 0.204. The van der Waals surface area contributed by atoms with E-state index in [4.69, 9.17) is 11.6 Å². The molecule has 0 saturated carbocycles. The number of ether oxygens (including phenoxy) is 1. The fourth-order valence-electron chi connectivity index (χ4n) is 2.74. The van der Waals surface area contributed by atoms with E-state index in [1.807, 2.05) is 0 Å². The van der Waals surface area contributed by atoms with Crippen LogP contribution in [0.4, 0.5) is 10.5 Å². The van der Waals surface area contributed by atoms with E-state index in [-0.39, 0.29) is 17.3 Å². The summed E-state index contributed by atoms with van der Waals surface area (Å²) in [6, 6.07) is 11.0. The van der Waals surface area contributed by atoms with Gasteiger partial charge in [-0.15, -0.1) is 0 Å². The Kier molecular flexibility index (Phi) is 6.63. The zero-order valence-electron chi connectivity index (χ0n) is 16.5. The smallest absolute Gasteiger partial charge is 0.427 e. The van der Waals surface area contributed by atoms with Gasteiger partial charge in [0.25, 0.3) is 5.56 Å². The summed E-state index contributed by atoms with van der Waals surface area (Å²) in [5, 5.41) is 17.8. The molecule has 0 aliphatic carbocycles. The zero-order valence-corrected chi connectivity index (χ0v) is 17.2. The van der Waals surface area contributed by atoms with E-state index in [1.165, 1.54) is 13.0 Å². The van der Waals surface area contributed by atoms with E-state index in [1.54, 1.807) is 36.4 Å². The summed E-state index contributed by atoms with van der Waals surface area (Å²) in [5.41, 5.74) is 2.70. The molecular weight excluding hydrogens is 426 g/mol. The van der Waals surface area contributed by atoms with Crippen molar-refractivity contribution in [3.8, 4) is 0 Å². The molecule has 1 aromatic heterocycles. The average molecular weight is 444 g/mol. The number of amides is 2. The first-order valence-electron chi connectivity index (χ1n) is 8.95. The number of rotatable bonds is 5. The molecular formula is C20H18ClN5O5. The van der Waals surface area contributed by atoms with Gasteiger partial charge in [-0.25, -0.2) is 15.2 Å². The first-order chi connectivity index (χ1) is 14.8. The maximum absolute atomic E-state index is 12.7. The van der Waals surface area contributed by atoms with Gasteiger partial charge in [0.05, 0.1) is 18.1 Å². The standard InChI is InChI=1S/C20H18ClN5O5/c1-10(27)22-13-6-3-11(4-7-13)18(28)16(25-26-20(30)31-2)17-19(29)24-15-9-12(21)5-8-14(15)23-17/h3-9,18,28H,1-2H3,(H,22,27)(H,24,29)(H,26,30)/b25-16+/t18-/m0/s1. The van der Waals surface area contributed by atoms with Crippen LogP contribution in [0.2, 0.25) is 5.02 Å². The molecule has 4 N–H and O–H groups in total. The highest BCUT2D eigenvalue weighted by Crippen LogP contribution is 2.21. The van der Waals surface area contributed by atoms with E-state index in [9.17, 15) is 19.5 Å². The van der Waals surface area contributed by atoms with Crippen LogP contribution in [0.25, 0.3) is 11.0 Å². The molecule has 0 bridgehead atoms. The van der Waals surface area contributed by atoms with Crippen LogP contribution >= 0.6 is 11.6 Å². The van der Waals surface area contributed by atoms with Crippen molar-refractivity contribution in [2.75, 3.05) is 12.4 Å². The van der Waals surface area contributed by atoms with Gasteiger partial charge < -0.3 is 20.1 Å². The van der Waals surface area contributed by atoms with Crippen LogP contribution in [-0.2, 0) is 9.53 Å². The van der Waals surface area contributed by atoms with Gasteiger partial charge in [0.15, 0.2) is 5.69 Å². The van der Waals surface area contributed by atoms with E-state index in [0.29, 0.717) is 27.3 Å². The second-order valence-electron chi connectivity index (χ2n) is 6.38. The minimum atomic E-state index is -1.43. The summed E-state index contributed by atoms with van der Waals surface area (Å²) in [7, 11) is 1.15. The number of benzene rings is 2. The second-order valence-corrected chi connectivity index (χ2v) is 6.82. The van der Waals surface area contributed by atoms with Crippen molar-refractivity contribution >= 4 is 46.0 Å². The van der Waals surface area contributed by atoms with E-state index < -0.39 is 17.8 Å². The molecule has 2 aromatic carbocycles. The molecule has 0 fully saturated rings. The van der Waals surface area contributed by atoms with Crippen molar-refractivity contribution in [1.29, 1.82) is 0 Å². The Morgan fingerprint density at radius 1 is 1.23 bits per heavy atom. The third-order valence-corrected chi connectivity index (χ3v) is 4.39. The second kappa shape index (κ2) is 9.37. The Bertz CT molecular complexity index is 1220. The number of nitrogens with one attached hydrogen (secondary N) is 3. The fourth-order valence-corrected chi connectivity index (χ4v) is 2.91. The number of H-pyrrole nitrogens is 1. The van der Waals surface area contributed by atoms with Gasteiger partial charge in [0.1, 0.15) is 11.8 Å². The van der Waals surface area contributed by atoms with Crippen molar-refractivity contribution < 1.29 is 19.4 Å². The number of carbonyl (C=O) groups excluding carboxylic acids is 2. The van der Waals surface area contributed by atoms with Gasteiger partial charge in [0.2, 0.25) is 5.91 Å². The highest BCUT2D eigenvalue weighted by molar-refractivity contribution is 6.31. The molecule has 1 heterocycles. The molecule has 2 amide bonds. The van der Waals surface area contributed by atoms with Crippen LogP contribution in [0.5, 0.6) is 0 Å². The molecule has 1 atom stereocenters. The lowest BCUT2D eigenvalue weighted by Gasteiger charge is -2.15.